The highest BCUT2D eigenvalue weighted by atomic mass is 16.6. The Morgan fingerprint density at radius 3 is 2.75 bits per heavy atom. The van der Waals surface area contributed by atoms with Gasteiger partial charge in [-0.1, -0.05) is 6.42 Å². The minimum Gasteiger partial charge on any atom is -0.378 e. The highest BCUT2D eigenvalue weighted by Gasteiger charge is 2.41. The van der Waals surface area contributed by atoms with Crippen molar-refractivity contribution >= 4 is 6.03 Å². The van der Waals surface area contributed by atoms with Crippen molar-refractivity contribution in [3.8, 4) is 0 Å². The predicted molar refractivity (Wildman–Crippen MR) is 93.2 cm³/mol. The second-order valence-corrected chi connectivity index (χ2v) is 8.21. The zero-order chi connectivity index (χ0) is 17.0. The molecule has 138 valence electrons. The first-order valence-electron chi connectivity index (χ1n) is 9.50. The number of likely N-dealkylation sites (tertiary alicyclic amines) is 1. The molecule has 3 rings (SSSR count). The van der Waals surface area contributed by atoms with Crippen molar-refractivity contribution in [2.75, 3.05) is 39.5 Å². The fourth-order valence-electron chi connectivity index (χ4n) is 4.16. The molecule has 3 fully saturated rings. The average molecular weight is 339 g/mol. The number of amides is 2. The smallest absolute Gasteiger partial charge is 0.315 e. The molecule has 0 radical (unpaired) electrons. The molecule has 24 heavy (non-hydrogen) atoms. The molecule has 3 aliphatic heterocycles. The summed E-state index contributed by atoms with van der Waals surface area (Å²) >= 11 is 0. The number of piperidine rings is 1. The maximum absolute atomic E-state index is 12.3. The molecule has 2 amide bonds. The molecule has 3 saturated heterocycles. The van der Waals surface area contributed by atoms with Gasteiger partial charge in [0, 0.05) is 37.8 Å². The molecular weight excluding hydrogens is 306 g/mol. The van der Waals surface area contributed by atoms with Gasteiger partial charge >= 0.3 is 6.03 Å². The summed E-state index contributed by atoms with van der Waals surface area (Å²) in [6.45, 7) is 9.52. The van der Waals surface area contributed by atoms with Crippen LogP contribution in [-0.4, -0.2) is 67.6 Å². The van der Waals surface area contributed by atoms with Gasteiger partial charge in [0.15, 0.2) is 0 Å². The minimum atomic E-state index is -0.163. The number of carbonyl (C=O) groups is 1. The molecule has 2 unspecified atom stereocenters. The van der Waals surface area contributed by atoms with Crippen molar-refractivity contribution < 1.29 is 14.3 Å². The van der Waals surface area contributed by atoms with Crippen molar-refractivity contribution in [3.63, 3.8) is 0 Å². The van der Waals surface area contributed by atoms with Gasteiger partial charge in [-0.15, -0.1) is 0 Å². The molecule has 0 aromatic carbocycles. The molecule has 1 spiro atoms. The van der Waals surface area contributed by atoms with Crippen molar-refractivity contribution in [1.82, 2.24) is 15.5 Å². The number of carbonyl (C=O) groups excluding carboxylic acids is 1. The zero-order valence-electron chi connectivity index (χ0n) is 15.2. The van der Waals surface area contributed by atoms with Gasteiger partial charge in [0.25, 0.3) is 0 Å². The second kappa shape index (κ2) is 7.58. The van der Waals surface area contributed by atoms with Crippen LogP contribution >= 0.6 is 0 Å². The van der Waals surface area contributed by atoms with Crippen LogP contribution in [0, 0.1) is 0 Å². The van der Waals surface area contributed by atoms with Gasteiger partial charge in [0.05, 0.1) is 12.2 Å². The standard InChI is InChI=1S/C18H33N3O3/c1-17(2,21-8-4-3-5-9-21)13-19-16(22)20-15-6-10-24-18(12-15)7-11-23-14-18/h15H,3-14H2,1-2H3,(H2,19,20,22). The van der Waals surface area contributed by atoms with Gasteiger partial charge in [-0.05, 0) is 52.6 Å². The molecule has 0 aromatic heterocycles. The van der Waals surface area contributed by atoms with Crippen molar-refractivity contribution in [3.05, 3.63) is 0 Å². The lowest BCUT2D eigenvalue weighted by atomic mass is 9.90. The summed E-state index contributed by atoms with van der Waals surface area (Å²) in [7, 11) is 0. The summed E-state index contributed by atoms with van der Waals surface area (Å²) in [6.07, 6.45) is 6.54. The lowest BCUT2D eigenvalue weighted by molar-refractivity contribution is -0.0878. The first-order valence-corrected chi connectivity index (χ1v) is 9.50. The third-order valence-corrected chi connectivity index (χ3v) is 5.79. The third kappa shape index (κ3) is 4.41. The van der Waals surface area contributed by atoms with Gasteiger partial charge in [-0.2, -0.15) is 0 Å². The van der Waals surface area contributed by atoms with E-state index in [2.05, 4.69) is 29.4 Å². The first kappa shape index (κ1) is 18.0. The summed E-state index contributed by atoms with van der Waals surface area (Å²) in [5.41, 5.74) is -0.156. The highest BCUT2D eigenvalue weighted by molar-refractivity contribution is 5.74. The molecule has 6 nitrogen and oxygen atoms in total. The Bertz CT molecular complexity index is 429. The van der Waals surface area contributed by atoms with E-state index in [9.17, 15) is 4.79 Å². The monoisotopic (exact) mass is 339 g/mol. The summed E-state index contributed by atoms with van der Waals surface area (Å²) in [6, 6.07) is 0.125. The third-order valence-electron chi connectivity index (χ3n) is 5.79. The number of ether oxygens (including phenoxy) is 2. The van der Waals surface area contributed by atoms with Crippen molar-refractivity contribution in [2.24, 2.45) is 0 Å². The van der Waals surface area contributed by atoms with Crippen LogP contribution in [0.25, 0.3) is 0 Å². The Morgan fingerprint density at radius 1 is 1.25 bits per heavy atom. The number of nitrogens with zero attached hydrogens (tertiary/aromatic N) is 1. The summed E-state index contributed by atoms with van der Waals surface area (Å²) in [4.78, 5) is 14.8. The van der Waals surface area contributed by atoms with E-state index in [0.717, 1.165) is 39.0 Å². The first-order chi connectivity index (χ1) is 11.5. The second-order valence-electron chi connectivity index (χ2n) is 8.21. The molecule has 3 heterocycles. The largest absolute Gasteiger partial charge is 0.378 e. The Balaban J connectivity index is 1.43. The lowest BCUT2D eigenvalue weighted by Crippen LogP contribution is -2.56. The topological polar surface area (TPSA) is 62.8 Å². The van der Waals surface area contributed by atoms with Crippen LogP contribution < -0.4 is 10.6 Å². The van der Waals surface area contributed by atoms with Crippen LogP contribution in [0.1, 0.15) is 52.4 Å². The normalized spacial score (nSPS) is 32.0. The van der Waals surface area contributed by atoms with E-state index in [0.29, 0.717) is 19.8 Å². The van der Waals surface area contributed by atoms with Gasteiger partial charge < -0.3 is 20.1 Å². The fourth-order valence-corrected chi connectivity index (χ4v) is 4.16. The Morgan fingerprint density at radius 2 is 2.04 bits per heavy atom. The number of urea groups is 1. The quantitative estimate of drug-likeness (QED) is 0.821. The zero-order valence-corrected chi connectivity index (χ0v) is 15.2. The van der Waals surface area contributed by atoms with E-state index >= 15 is 0 Å². The molecule has 2 N–H and O–H groups in total. The SMILES string of the molecule is CC(C)(CNC(=O)NC1CCOC2(CCOC2)C1)N1CCCCC1. The highest BCUT2D eigenvalue weighted by Crippen LogP contribution is 2.32. The number of rotatable bonds is 4. The van der Waals surface area contributed by atoms with Crippen LogP contribution in [0.3, 0.4) is 0 Å². The predicted octanol–water partition coefficient (Wildman–Crippen LogP) is 1.89. The van der Waals surface area contributed by atoms with Crippen LogP contribution in [0.2, 0.25) is 0 Å². The van der Waals surface area contributed by atoms with Gasteiger partial charge in [-0.25, -0.2) is 4.79 Å². The van der Waals surface area contributed by atoms with E-state index < -0.39 is 0 Å². The van der Waals surface area contributed by atoms with Crippen molar-refractivity contribution in [2.45, 2.75) is 69.6 Å². The molecule has 6 heteroatoms. The van der Waals surface area contributed by atoms with Gasteiger partial charge in [-0.3, -0.25) is 4.90 Å². The van der Waals surface area contributed by atoms with Crippen LogP contribution in [0.5, 0.6) is 0 Å². The molecule has 2 atom stereocenters. The Kier molecular flexibility index (Phi) is 5.67. The number of hydrogen-bond donors (Lipinski definition) is 2. The maximum atomic E-state index is 12.3. The fraction of sp³-hybridized carbons (Fsp3) is 0.944. The summed E-state index contributed by atoms with van der Waals surface area (Å²) in [5.74, 6) is 0. The van der Waals surface area contributed by atoms with Crippen LogP contribution in [-0.2, 0) is 9.47 Å². The van der Waals surface area contributed by atoms with E-state index in [-0.39, 0.29) is 23.2 Å². The van der Waals surface area contributed by atoms with Crippen LogP contribution in [0.15, 0.2) is 0 Å². The molecule has 0 aliphatic carbocycles. The molecule has 0 saturated carbocycles. The molecule has 3 aliphatic rings. The van der Waals surface area contributed by atoms with E-state index in [4.69, 9.17) is 9.47 Å². The number of hydrogen-bond acceptors (Lipinski definition) is 4. The minimum absolute atomic E-state index is 0.00789. The van der Waals surface area contributed by atoms with E-state index in [1.165, 1.54) is 19.3 Å². The average Bonchev–Trinajstić information content (AvgIpc) is 3.01. The lowest BCUT2D eigenvalue weighted by Gasteiger charge is -2.41. The molecule has 0 bridgehead atoms. The maximum Gasteiger partial charge on any atom is 0.315 e. The Hall–Kier alpha value is -0.850. The molecular formula is C18H33N3O3. The Labute approximate surface area is 145 Å². The number of nitrogens with one attached hydrogen (secondary N) is 2. The van der Waals surface area contributed by atoms with Crippen LogP contribution in [0.4, 0.5) is 4.79 Å². The summed E-state index contributed by atoms with van der Waals surface area (Å²) in [5, 5.41) is 6.22. The molecule has 0 aromatic rings. The van der Waals surface area contributed by atoms with Crippen molar-refractivity contribution in [1.29, 1.82) is 0 Å². The van der Waals surface area contributed by atoms with E-state index in [1.54, 1.807) is 0 Å². The van der Waals surface area contributed by atoms with Gasteiger partial charge in [0.2, 0.25) is 0 Å². The van der Waals surface area contributed by atoms with E-state index in [1.807, 2.05) is 0 Å². The van der Waals surface area contributed by atoms with Gasteiger partial charge in [0.1, 0.15) is 0 Å². The summed E-state index contributed by atoms with van der Waals surface area (Å²) < 4.78 is 11.4.